The van der Waals surface area contributed by atoms with Crippen LogP contribution in [0.15, 0.2) is 54.9 Å². The monoisotopic (exact) mass is 612 g/mol. The second kappa shape index (κ2) is 11.6. The maximum atomic E-state index is 15.0. The first-order chi connectivity index (χ1) is 20.6. The maximum absolute atomic E-state index is 15.0. The fourth-order valence-electron chi connectivity index (χ4n) is 5.43. The van der Waals surface area contributed by atoms with Crippen molar-refractivity contribution < 1.29 is 26.3 Å². The molecule has 1 saturated heterocycles. The molecular formula is C30H31F3N6O3S. The molecule has 226 valence electrons. The first kappa shape index (κ1) is 29.1. The highest BCUT2D eigenvalue weighted by atomic mass is 32.2. The van der Waals surface area contributed by atoms with Crippen molar-refractivity contribution in [3.8, 4) is 22.9 Å². The van der Waals surface area contributed by atoms with Crippen molar-refractivity contribution in [2.75, 3.05) is 28.9 Å². The van der Waals surface area contributed by atoms with Gasteiger partial charge in [-0.2, -0.15) is 0 Å². The van der Waals surface area contributed by atoms with Gasteiger partial charge in [-0.25, -0.2) is 36.5 Å². The number of piperidine rings is 1. The minimum atomic E-state index is -4.27. The van der Waals surface area contributed by atoms with Gasteiger partial charge in [0.25, 0.3) is 5.92 Å². The van der Waals surface area contributed by atoms with Crippen LogP contribution in [0, 0.1) is 18.7 Å². The van der Waals surface area contributed by atoms with E-state index < -0.39 is 33.4 Å². The summed E-state index contributed by atoms with van der Waals surface area (Å²) in [6.07, 6.45) is 5.04. The highest BCUT2D eigenvalue weighted by Crippen LogP contribution is 2.45. The van der Waals surface area contributed by atoms with E-state index in [0.717, 1.165) is 32.0 Å². The number of aryl methyl sites for hydroxylation is 1. The van der Waals surface area contributed by atoms with Crippen LogP contribution in [-0.4, -0.2) is 54.2 Å². The third kappa shape index (κ3) is 6.23. The summed E-state index contributed by atoms with van der Waals surface area (Å²) in [6.45, 7) is 3.61. The molecule has 9 nitrogen and oxygen atoms in total. The lowest BCUT2D eigenvalue weighted by Gasteiger charge is -2.35. The summed E-state index contributed by atoms with van der Waals surface area (Å²) in [7, 11) is -4.27. The number of aromatic nitrogens is 3. The first-order valence-corrected chi connectivity index (χ1v) is 15.8. The lowest BCUT2D eigenvalue weighted by Crippen LogP contribution is -2.43. The fourth-order valence-corrected chi connectivity index (χ4v) is 6.98. The second-order valence-corrected chi connectivity index (χ2v) is 12.8. The van der Waals surface area contributed by atoms with Crippen LogP contribution in [0.3, 0.4) is 0 Å². The number of anilines is 2. The van der Waals surface area contributed by atoms with Gasteiger partial charge in [-0.1, -0.05) is 12.1 Å². The van der Waals surface area contributed by atoms with Crippen LogP contribution in [0.5, 0.6) is 11.6 Å². The lowest BCUT2D eigenvalue weighted by atomic mass is 9.82. The van der Waals surface area contributed by atoms with Crippen LogP contribution in [0.2, 0.25) is 0 Å². The Morgan fingerprint density at radius 2 is 1.91 bits per heavy atom. The number of rotatable bonds is 9. The van der Waals surface area contributed by atoms with Crippen molar-refractivity contribution in [3.05, 3.63) is 66.2 Å². The van der Waals surface area contributed by atoms with Gasteiger partial charge in [0.2, 0.25) is 21.9 Å². The van der Waals surface area contributed by atoms with E-state index in [0.29, 0.717) is 33.9 Å². The van der Waals surface area contributed by atoms with Gasteiger partial charge >= 0.3 is 0 Å². The Morgan fingerprint density at radius 3 is 2.65 bits per heavy atom. The zero-order valence-corrected chi connectivity index (χ0v) is 24.2. The van der Waals surface area contributed by atoms with Gasteiger partial charge in [0.15, 0.2) is 0 Å². The van der Waals surface area contributed by atoms with Gasteiger partial charge in [-0.15, -0.1) is 0 Å². The molecular weight excluding hydrogens is 581 g/mol. The second-order valence-electron chi connectivity index (χ2n) is 11.0. The predicted octanol–water partition coefficient (Wildman–Crippen LogP) is 5.88. The normalized spacial score (nSPS) is 19.9. The molecule has 6 rings (SSSR count). The van der Waals surface area contributed by atoms with Crippen molar-refractivity contribution >= 4 is 32.4 Å². The van der Waals surface area contributed by atoms with Gasteiger partial charge in [0, 0.05) is 48.1 Å². The largest absolute Gasteiger partial charge is 0.437 e. The SMILES string of the molecule is Cc1ccc2c(NS(=O)(=O)C[C@@H]3CCC3(F)F)c(F)ccc2c1Oc1ncccc1-c1ccnc(N[C@H]2CCCNC2)n1. The Bertz CT molecular complexity index is 1770. The summed E-state index contributed by atoms with van der Waals surface area (Å²) < 4.78 is 76.8. The molecule has 1 saturated carbocycles. The Hall–Kier alpha value is -3.97. The zero-order chi connectivity index (χ0) is 30.2. The topological polar surface area (TPSA) is 118 Å². The number of sulfonamides is 1. The van der Waals surface area contributed by atoms with Crippen LogP contribution in [0.4, 0.5) is 24.8 Å². The van der Waals surface area contributed by atoms with Crippen LogP contribution < -0.4 is 20.1 Å². The number of halogens is 3. The maximum Gasteiger partial charge on any atom is 0.252 e. The molecule has 4 aromatic rings. The summed E-state index contributed by atoms with van der Waals surface area (Å²) in [5, 5.41) is 7.36. The molecule has 3 heterocycles. The van der Waals surface area contributed by atoms with Crippen molar-refractivity contribution in [1.82, 2.24) is 20.3 Å². The van der Waals surface area contributed by atoms with Crippen molar-refractivity contribution in [2.45, 2.75) is 44.6 Å². The van der Waals surface area contributed by atoms with Crippen LogP contribution in [0.1, 0.15) is 31.2 Å². The third-order valence-corrected chi connectivity index (χ3v) is 9.29. The minimum Gasteiger partial charge on any atom is -0.437 e. The highest BCUT2D eigenvalue weighted by molar-refractivity contribution is 7.92. The Kier molecular flexibility index (Phi) is 7.86. The molecule has 0 bridgehead atoms. The number of pyridine rings is 1. The average molecular weight is 613 g/mol. The summed E-state index contributed by atoms with van der Waals surface area (Å²) >= 11 is 0. The van der Waals surface area contributed by atoms with E-state index in [1.54, 1.807) is 43.6 Å². The van der Waals surface area contributed by atoms with Gasteiger partial charge in [-0.3, -0.25) is 4.72 Å². The molecule has 2 aliphatic rings. The van der Waals surface area contributed by atoms with Crippen molar-refractivity contribution in [1.29, 1.82) is 0 Å². The third-order valence-electron chi connectivity index (χ3n) is 7.93. The minimum absolute atomic E-state index is 0.0944. The average Bonchev–Trinajstić information content (AvgIpc) is 2.99. The summed E-state index contributed by atoms with van der Waals surface area (Å²) in [4.78, 5) is 13.5. The predicted molar refractivity (Wildman–Crippen MR) is 159 cm³/mol. The number of nitrogens with zero attached hydrogens (tertiary/aromatic N) is 3. The van der Waals surface area contributed by atoms with Gasteiger partial charge in [-0.05, 0) is 68.6 Å². The molecule has 2 atom stereocenters. The molecule has 2 fully saturated rings. The smallest absolute Gasteiger partial charge is 0.252 e. The quantitative estimate of drug-likeness (QED) is 0.215. The van der Waals surface area contributed by atoms with Gasteiger partial charge < -0.3 is 15.4 Å². The van der Waals surface area contributed by atoms with E-state index in [2.05, 4.69) is 30.3 Å². The molecule has 2 aromatic carbocycles. The van der Waals surface area contributed by atoms with Crippen molar-refractivity contribution in [2.24, 2.45) is 5.92 Å². The molecule has 1 aliphatic carbocycles. The van der Waals surface area contributed by atoms with Gasteiger partial charge in [0.05, 0.1) is 22.7 Å². The number of hydrogen-bond acceptors (Lipinski definition) is 8. The Morgan fingerprint density at radius 1 is 1.07 bits per heavy atom. The molecule has 0 unspecified atom stereocenters. The number of fused-ring (bicyclic) bond motifs is 1. The van der Waals surface area contributed by atoms with Crippen molar-refractivity contribution in [3.63, 3.8) is 0 Å². The number of alkyl halides is 2. The van der Waals surface area contributed by atoms with Crippen LogP contribution >= 0.6 is 0 Å². The molecule has 13 heteroatoms. The van der Waals surface area contributed by atoms with E-state index in [4.69, 9.17) is 4.74 Å². The van der Waals surface area contributed by atoms with Crippen LogP contribution in [-0.2, 0) is 10.0 Å². The summed E-state index contributed by atoms with van der Waals surface area (Å²) in [6, 6.07) is 11.4. The summed E-state index contributed by atoms with van der Waals surface area (Å²) in [5.74, 6) is -4.92. The van der Waals surface area contributed by atoms with Crippen LogP contribution in [0.25, 0.3) is 22.0 Å². The first-order valence-electron chi connectivity index (χ1n) is 14.1. The summed E-state index contributed by atoms with van der Waals surface area (Å²) in [5.41, 5.74) is 1.54. The van der Waals surface area contributed by atoms with E-state index in [-0.39, 0.29) is 35.8 Å². The van der Waals surface area contributed by atoms with E-state index in [9.17, 15) is 17.2 Å². The molecule has 0 amide bonds. The molecule has 43 heavy (non-hydrogen) atoms. The molecule has 2 aromatic heterocycles. The lowest BCUT2D eigenvalue weighted by molar-refractivity contribution is -0.122. The Balaban J connectivity index is 1.32. The standard InChI is InChI=1S/C30H31F3N6O3S/c1-18-6-7-21-22(8-9-24(31)26(21)39-43(40,41)17-19-10-12-30(19,32)33)27(18)42-28-23(5-3-14-35-28)25-11-15-36-29(38-25)37-20-4-2-13-34-16-20/h3,5-9,11,14-15,19-20,34,39H,2,4,10,12-13,16-17H2,1H3,(H,36,37,38)/t19-,20-/m0/s1. The zero-order valence-electron chi connectivity index (χ0n) is 23.4. The Labute approximate surface area is 247 Å². The molecule has 3 N–H and O–H groups in total. The molecule has 0 spiro atoms. The molecule has 0 radical (unpaired) electrons. The highest BCUT2D eigenvalue weighted by Gasteiger charge is 2.50. The molecule has 1 aliphatic heterocycles. The van der Waals surface area contributed by atoms with E-state index in [1.165, 1.54) is 6.07 Å². The number of benzene rings is 2. The van der Waals surface area contributed by atoms with E-state index >= 15 is 4.39 Å². The fraction of sp³-hybridized carbons (Fsp3) is 0.367. The number of nitrogens with one attached hydrogen (secondary N) is 3. The number of ether oxygens (including phenoxy) is 1. The van der Waals surface area contributed by atoms with Gasteiger partial charge in [0.1, 0.15) is 11.6 Å². The number of hydrogen-bond donors (Lipinski definition) is 3. The van der Waals surface area contributed by atoms with E-state index in [1.807, 2.05) is 6.07 Å².